The fraction of sp³-hybridized carbons (Fsp3) is 0.700. The Hall–Kier alpha value is -0.940. The zero-order valence-corrected chi connectivity index (χ0v) is 14.8. The van der Waals surface area contributed by atoms with E-state index >= 15 is 0 Å². The van der Waals surface area contributed by atoms with Crippen molar-refractivity contribution >= 4 is 0 Å². The van der Waals surface area contributed by atoms with E-state index in [1.54, 1.807) is 0 Å². The molecule has 1 aliphatic carbocycles. The van der Waals surface area contributed by atoms with E-state index in [1.807, 2.05) is 0 Å². The van der Waals surface area contributed by atoms with Gasteiger partial charge < -0.3 is 14.4 Å². The van der Waals surface area contributed by atoms with E-state index in [-0.39, 0.29) is 11.9 Å². The molecule has 2 saturated heterocycles. The minimum Gasteiger partial charge on any atom is -0.347 e. The molecule has 1 unspecified atom stereocenters. The molecule has 0 N–H and O–H groups in total. The quantitative estimate of drug-likeness (QED) is 0.851. The third kappa shape index (κ3) is 3.67. The van der Waals surface area contributed by atoms with Crippen molar-refractivity contribution in [3.63, 3.8) is 0 Å². The van der Waals surface area contributed by atoms with Crippen LogP contribution in [0.3, 0.4) is 0 Å². The highest BCUT2D eigenvalue weighted by Crippen LogP contribution is 2.43. The van der Waals surface area contributed by atoms with Gasteiger partial charge in [0.1, 0.15) is 0 Å². The van der Waals surface area contributed by atoms with Gasteiger partial charge in [0.2, 0.25) is 0 Å². The molecule has 0 radical (unpaired) electrons. The van der Waals surface area contributed by atoms with Gasteiger partial charge in [-0.1, -0.05) is 30.3 Å². The summed E-state index contributed by atoms with van der Waals surface area (Å²) in [5, 5.41) is 0. The van der Waals surface area contributed by atoms with Crippen LogP contribution in [0.1, 0.15) is 37.2 Å². The van der Waals surface area contributed by atoms with Crippen molar-refractivity contribution in [1.82, 2.24) is 9.80 Å². The van der Waals surface area contributed by atoms with Crippen molar-refractivity contribution in [2.24, 2.45) is 0 Å². The molecule has 0 aromatic heterocycles. The van der Waals surface area contributed by atoms with E-state index in [4.69, 9.17) is 9.47 Å². The first-order valence-corrected chi connectivity index (χ1v) is 9.50. The maximum absolute atomic E-state index is 6.43. The number of piperazine rings is 1. The van der Waals surface area contributed by atoms with E-state index in [2.05, 4.69) is 47.2 Å². The number of ether oxygens (including phenoxy) is 2. The van der Waals surface area contributed by atoms with Gasteiger partial charge in [-0.05, 0) is 31.4 Å². The number of rotatable bonds is 3. The first kappa shape index (κ1) is 16.5. The van der Waals surface area contributed by atoms with Crippen LogP contribution in [-0.2, 0) is 9.47 Å². The molecule has 1 aromatic carbocycles. The lowest BCUT2D eigenvalue weighted by molar-refractivity contribution is -0.190. The topological polar surface area (TPSA) is 24.9 Å². The standard InChI is InChI=1S/C20H30N2O2/c1-21-11-13-22(14-12-21)15-19-16-23-20(24-19)9-7-18(8-10-20)17-5-3-2-4-6-17/h2-6,18-19H,7-16H2,1H3. The summed E-state index contributed by atoms with van der Waals surface area (Å²) in [6.45, 7) is 6.42. The van der Waals surface area contributed by atoms with Crippen LogP contribution in [0, 0.1) is 0 Å². The second kappa shape index (κ2) is 7.12. The van der Waals surface area contributed by atoms with Gasteiger partial charge >= 0.3 is 0 Å². The van der Waals surface area contributed by atoms with E-state index in [0.29, 0.717) is 5.92 Å². The molecular weight excluding hydrogens is 300 g/mol. The second-order valence-corrected chi connectivity index (χ2v) is 7.75. The fourth-order valence-corrected chi connectivity index (χ4v) is 4.40. The van der Waals surface area contributed by atoms with Crippen LogP contribution in [0.25, 0.3) is 0 Å². The Kier molecular flexibility index (Phi) is 4.90. The molecule has 3 fully saturated rings. The van der Waals surface area contributed by atoms with Crippen molar-refractivity contribution in [3.8, 4) is 0 Å². The molecule has 4 nitrogen and oxygen atoms in total. The van der Waals surface area contributed by atoms with Crippen LogP contribution >= 0.6 is 0 Å². The first-order valence-electron chi connectivity index (χ1n) is 9.50. The highest BCUT2D eigenvalue weighted by Gasteiger charge is 2.44. The summed E-state index contributed by atoms with van der Waals surface area (Å²) in [6, 6.07) is 10.9. The van der Waals surface area contributed by atoms with E-state index < -0.39 is 0 Å². The summed E-state index contributed by atoms with van der Waals surface area (Å²) in [4.78, 5) is 4.93. The zero-order valence-electron chi connectivity index (χ0n) is 14.8. The summed E-state index contributed by atoms with van der Waals surface area (Å²) in [6.07, 6.45) is 4.66. The molecule has 4 rings (SSSR count). The molecule has 1 atom stereocenters. The molecule has 3 aliphatic rings. The van der Waals surface area contributed by atoms with E-state index in [9.17, 15) is 0 Å². The minimum atomic E-state index is -0.289. The first-order chi connectivity index (χ1) is 11.7. The predicted molar refractivity (Wildman–Crippen MR) is 95.1 cm³/mol. The predicted octanol–water partition coefficient (Wildman–Crippen LogP) is 2.70. The summed E-state index contributed by atoms with van der Waals surface area (Å²) < 4.78 is 12.6. The van der Waals surface area contributed by atoms with Gasteiger partial charge in [0.15, 0.2) is 5.79 Å². The van der Waals surface area contributed by atoms with Crippen LogP contribution in [0.2, 0.25) is 0 Å². The fourth-order valence-electron chi connectivity index (χ4n) is 4.40. The number of hydrogen-bond donors (Lipinski definition) is 0. The van der Waals surface area contributed by atoms with Crippen LogP contribution in [0.15, 0.2) is 30.3 Å². The average molecular weight is 330 g/mol. The smallest absolute Gasteiger partial charge is 0.169 e. The average Bonchev–Trinajstić information content (AvgIpc) is 3.01. The Labute approximate surface area is 145 Å². The SMILES string of the molecule is CN1CCN(CC2COC3(CCC(c4ccccc4)CC3)O2)CC1. The molecule has 4 heteroatoms. The Morgan fingerprint density at radius 1 is 1.04 bits per heavy atom. The lowest BCUT2D eigenvalue weighted by Gasteiger charge is -2.37. The van der Waals surface area contributed by atoms with Gasteiger partial charge in [-0.2, -0.15) is 0 Å². The van der Waals surface area contributed by atoms with Crippen molar-refractivity contribution in [2.45, 2.75) is 43.5 Å². The maximum atomic E-state index is 6.43. The highest BCUT2D eigenvalue weighted by atomic mass is 16.7. The van der Waals surface area contributed by atoms with Gasteiger partial charge in [0.25, 0.3) is 0 Å². The molecule has 0 amide bonds. The van der Waals surface area contributed by atoms with Gasteiger partial charge in [-0.15, -0.1) is 0 Å². The number of benzene rings is 1. The lowest BCUT2D eigenvalue weighted by Crippen LogP contribution is -2.47. The Morgan fingerprint density at radius 3 is 2.46 bits per heavy atom. The molecule has 2 aliphatic heterocycles. The zero-order chi connectivity index (χ0) is 16.4. The largest absolute Gasteiger partial charge is 0.347 e. The minimum absolute atomic E-state index is 0.252. The normalized spacial score (nSPS) is 35.5. The number of nitrogens with zero attached hydrogens (tertiary/aromatic N) is 2. The Bertz CT molecular complexity index is 520. The highest BCUT2D eigenvalue weighted by molar-refractivity contribution is 5.20. The van der Waals surface area contributed by atoms with Gasteiger partial charge in [0.05, 0.1) is 12.7 Å². The number of hydrogen-bond acceptors (Lipinski definition) is 4. The molecule has 132 valence electrons. The van der Waals surface area contributed by atoms with E-state index in [1.165, 1.54) is 18.4 Å². The van der Waals surface area contributed by atoms with Crippen molar-refractivity contribution in [2.75, 3.05) is 46.4 Å². The third-order valence-corrected chi connectivity index (χ3v) is 5.99. The monoisotopic (exact) mass is 330 g/mol. The third-order valence-electron chi connectivity index (χ3n) is 5.99. The molecule has 2 heterocycles. The summed E-state index contributed by atoms with van der Waals surface area (Å²) in [5.41, 5.74) is 1.47. The molecule has 1 aromatic rings. The van der Waals surface area contributed by atoms with Crippen LogP contribution in [0.5, 0.6) is 0 Å². The second-order valence-electron chi connectivity index (χ2n) is 7.75. The Balaban J connectivity index is 1.28. The van der Waals surface area contributed by atoms with E-state index in [0.717, 1.165) is 52.2 Å². The summed E-state index contributed by atoms with van der Waals surface area (Å²) in [7, 11) is 2.20. The van der Waals surface area contributed by atoms with Crippen molar-refractivity contribution < 1.29 is 9.47 Å². The van der Waals surface area contributed by atoms with Crippen LogP contribution < -0.4 is 0 Å². The summed E-state index contributed by atoms with van der Waals surface area (Å²) >= 11 is 0. The molecule has 1 spiro atoms. The maximum Gasteiger partial charge on any atom is 0.169 e. The summed E-state index contributed by atoms with van der Waals surface area (Å²) in [5.74, 6) is 0.378. The lowest BCUT2D eigenvalue weighted by atomic mass is 9.81. The molecule has 24 heavy (non-hydrogen) atoms. The van der Waals surface area contributed by atoms with Gasteiger partial charge in [-0.25, -0.2) is 0 Å². The van der Waals surface area contributed by atoms with Crippen LogP contribution in [-0.4, -0.2) is 68.1 Å². The van der Waals surface area contributed by atoms with Crippen LogP contribution in [0.4, 0.5) is 0 Å². The number of likely N-dealkylation sites (N-methyl/N-ethyl adjacent to an activating group) is 1. The molecular formula is C20H30N2O2. The van der Waals surface area contributed by atoms with Gasteiger partial charge in [-0.3, -0.25) is 4.90 Å². The van der Waals surface area contributed by atoms with Gasteiger partial charge in [0, 0.05) is 45.6 Å². The Morgan fingerprint density at radius 2 is 1.75 bits per heavy atom. The van der Waals surface area contributed by atoms with Crippen molar-refractivity contribution in [3.05, 3.63) is 35.9 Å². The molecule has 0 bridgehead atoms. The molecule has 1 saturated carbocycles. The van der Waals surface area contributed by atoms with Crippen molar-refractivity contribution in [1.29, 1.82) is 0 Å².